The number of amides is 1. The third kappa shape index (κ3) is 6.63. The van der Waals surface area contributed by atoms with Crippen molar-refractivity contribution in [3.8, 4) is 5.88 Å². The van der Waals surface area contributed by atoms with E-state index >= 15 is 0 Å². The first-order valence-corrected chi connectivity index (χ1v) is 16.3. The zero-order valence-corrected chi connectivity index (χ0v) is 26.7. The number of carbonyl (C=O) groups is 1. The lowest BCUT2D eigenvalue weighted by Gasteiger charge is -2.33. The predicted molar refractivity (Wildman–Crippen MR) is 170 cm³/mol. The predicted octanol–water partition coefficient (Wildman–Crippen LogP) is 3.94. The Labute approximate surface area is 260 Å². The van der Waals surface area contributed by atoms with E-state index in [2.05, 4.69) is 20.2 Å². The second-order valence-electron chi connectivity index (χ2n) is 11.0. The molecule has 0 aliphatic carbocycles. The minimum atomic E-state index is -3.83. The molecule has 3 aromatic heterocycles. The average Bonchev–Trinajstić information content (AvgIpc) is 2.99. The maximum absolute atomic E-state index is 13.7. The van der Waals surface area contributed by atoms with Gasteiger partial charge in [0.2, 0.25) is 21.9 Å². The third-order valence-electron chi connectivity index (χ3n) is 7.74. The number of aryl methyl sites for hydroxylation is 1. The summed E-state index contributed by atoms with van der Waals surface area (Å²) in [5.41, 5.74) is 3.24. The number of piperidine rings is 1. The highest BCUT2D eigenvalue weighted by molar-refractivity contribution is 7.89. The van der Waals surface area contributed by atoms with Crippen molar-refractivity contribution >= 4 is 50.1 Å². The van der Waals surface area contributed by atoms with Gasteiger partial charge in [0.15, 0.2) is 5.69 Å². The van der Waals surface area contributed by atoms with Crippen molar-refractivity contribution in [1.82, 2.24) is 24.2 Å². The number of carbonyl (C=O) groups excluding carboxylic acids is 1. The third-order valence-corrected chi connectivity index (χ3v) is 8.51. The molecule has 1 aliphatic rings. The van der Waals surface area contributed by atoms with Gasteiger partial charge in [-0.3, -0.25) is 14.2 Å². The van der Waals surface area contributed by atoms with Crippen molar-refractivity contribution in [3.05, 3.63) is 80.5 Å². The molecule has 1 fully saturated rings. The van der Waals surface area contributed by atoms with E-state index < -0.39 is 22.0 Å². The second kappa shape index (κ2) is 12.4. The van der Waals surface area contributed by atoms with Gasteiger partial charge in [0.05, 0.1) is 36.0 Å². The summed E-state index contributed by atoms with van der Waals surface area (Å²) in [5.74, 6) is 0.582. The number of benzene rings is 1. The van der Waals surface area contributed by atoms with E-state index in [1.54, 1.807) is 24.8 Å². The molecule has 0 spiro atoms. The van der Waals surface area contributed by atoms with Crippen LogP contribution in [0.15, 0.2) is 47.4 Å². The molecule has 1 amide bonds. The summed E-state index contributed by atoms with van der Waals surface area (Å²) in [4.78, 5) is 42.0. The van der Waals surface area contributed by atoms with E-state index in [1.165, 1.54) is 6.07 Å². The van der Waals surface area contributed by atoms with Crippen molar-refractivity contribution in [3.63, 3.8) is 0 Å². The number of ether oxygens (including phenoxy) is 1. The van der Waals surface area contributed by atoms with Crippen LogP contribution in [0.25, 0.3) is 10.9 Å². The van der Waals surface area contributed by atoms with Crippen LogP contribution in [0, 0.1) is 6.92 Å². The molecule has 2 N–H and O–H groups in total. The first-order chi connectivity index (χ1) is 20.8. The number of aromatic nitrogens is 4. The van der Waals surface area contributed by atoms with Gasteiger partial charge in [-0.1, -0.05) is 23.7 Å². The number of anilines is 2. The molecule has 1 aliphatic heterocycles. The smallest absolute Gasteiger partial charge is 0.285 e. The van der Waals surface area contributed by atoms with E-state index in [4.69, 9.17) is 21.3 Å². The molecule has 0 unspecified atom stereocenters. The molecule has 1 aromatic carbocycles. The van der Waals surface area contributed by atoms with Gasteiger partial charge in [-0.25, -0.2) is 28.1 Å². The van der Waals surface area contributed by atoms with Crippen molar-refractivity contribution in [2.45, 2.75) is 38.6 Å². The van der Waals surface area contributed by atoms with Crippen LogP contribution < -0.4 is 25.2 Å². The van der Waals surface area contributed by atoms with Crippen LogP contribution in [0.2, 0.25) is 5.15 Å². The molecule has 1 atom stereocenters. The van der Waals surface area contributed by atoms with Crippen molar-refractivity contribution < 1.29 is 17.9 Å². The normalized spacial score (nSPS) is 14.8. The lowest BCUT2D eigenvalue weighted by atomic mass is 9.90. The zero-order chi connectivity index (χ0) is 31.8. The fourth-order valence-corrected chi connectivity index (χ4v) is 6.15. The Morgan fingerprint density at radius 3 is 2.50 bits per heavy atom. The van der Waals surface area contributed by atoms with Crippen molar-refractivity contribution in [2.75, 3.05) is 36.7 Å². The topological polar surface area (TPSA) is 148 Å². The largest absolute Gasteiger partial charge is 0.481 e. The Morgan fingerprint density at radius 1 is 1.14 bits per heavy atom. The Bertz CT molecular complexity index is 1890. The summed E-state index contributed by atoms with van der Waals surface area (Å²) in [6.45, 7) is 5.20. The number of hydrogen-bond donors (Lipinski definition) is 2. The number of methoxy groups -OCH3 is 1. The van der Waals surface area contributed by atoms with Crippen LogP contribution in [-0.4, -0.2) is 60.3 Å². The molecule has 44 heavy (non-hydrogen) atoms. The molecule has 1 saturated heterocycles. The lowest BCUT2D eigenvalue weighted by Crippen LogP contribution is -2.37. The molecule has 4 aromatic rings. The number of fused-ring (bicyclic) bond motifs is 1. The maximum atomic E-state index is 13.7. The highest BCUT2D eigenvalue weighted by atomic mass is 35.5. The van der Waals surface area contributed by atoms with E-state index in [1.807, 2.05) is 49.0 Å². The van der Waals surface area contributed by atoms with Gasteiger partial charge in [0.25, 0.3) is 11.5 Å². The second-order valence-corrected chi connectivity index (χ2v) is 13.2. The lowest BCUT2D eigenvalue weighted by molar-refractivity contribution is 0.0977. The fraction of sp³-hybridized carbons (Fsp3) is 0.367. The van der Waals surface area contributed by atoms with Crippen LogP contribution in [0.5, 0.6) is 5.88 Å². The molecule has 4 heterocycles. The summed E-state index contributed by atoms with van der Waals surface area (Å²) >= 11 is 6.04. The highest BCUT2D eigenvalue weighted by Crippen LogP contribution is 2.32. The van der Waals surface area contributed by atoms with Gasteiger partial charge in [-0.15, -0.1) is 0 Å². The number of pyridine rings is 2. The van der Waals surface area contributed by atoms with Crippen LogP contribution in [-0.2, 0) is 17.1 Å². The summed E-state index contributed by atoms with van der Waals surface area (Å²) in [7, 11) is -0.503. The molecule has 5 rings (SSSR count). The first-order valence-electron chi connectivity index (χ1n) is 14.1. The molecular weight excluding hydrogens is 606 g/mol. The molecule has 232 valence electrons. The van der Waals surface area contributed by atoms with E-state index in [9.17, 15) is 18.0 Å². The highest BCUT2D eigenvalue weighted by Gasteiger charge is 2.26. The molecule has 0 saturated carbocycles. The Morgan fingerprint density at radius 2 is 1.86 bits per heavy atom. The summed E-state index contributed by atoms with van der Waals surface area (Å²) in [6, 6.07) is 10.3. The molecule has 12 nitrogen and oxygen atoms in total. The Kier molecular flexibility index (Phi) is 8.80. The molecule has 0 radical (unpaired) electrons. The molecule has 0 bridgehead atoms. The van der Waals surface area contributed by atoms with E-state index in [0.717, 1.165) is 35.8 Å². The average molecular weight is 640 g/mol. The Balaban J connectivity index is 1.46. The van der Waals surface area contributed by atoms with Crippen molar-refractivity contribution in [2.24, 2.45) is 7.05 Å². The van der Waals surface area contributed by atoms with Gasteiger partial charge >= 0.3 is 0 Å². The van der Waals surface area contributed by atoms with Gasteiger partial charge in [-0.05, 0) is 61.9 Å². The Hall–Kier alpha value is -4.23. The quantitative estimate of drug-likeness (QED) is 0.272. The summed E-state index contributed by atoms with van der Waals surface area (Å²) in [5, 5.41) is 3.76. The standard InChI is InChI=1S/C30H34ClN7O5S/c1-17-14-21(18(2)33-23-7-8-24(31)34-27(23)28(39)36-44(5,41)42)26-22(15-17)29(40)37(3)30(35-26)38-12-10-19(11-13-38)20-6-9-25(43-4)32-16-20/h6-9,14-16,18-19,33H,10-13H2,1-5H3,(H,36,39)/t18-/m1/s1. The molecular formula is C30H34ClN7O5S. The van der Waals surface area contributed by atoms with E-state index in [-0.39, 0.29) is 22.1 Å². The van der Waals surface area contributed by atoms with Crippen LogP contribution in [0.1, 0.15) is 58.9 Å². The fourth-order valence-electron chi connectivity index (χ4n) is 5.57. The van der Waals surface area contributed by atoms with Crippen molar-refractivity contribution in [1.29, 1.82) is 0 Å². The van der Waals surface area contributed by atoms with Crippen LogP contribution in [0.4, 0.5) is 11.6 Å². The number of rotatable bonds is 8. The number of nitrogens with one attached hydrogen (secondary N) is 2. The first kappa shape index (κ1) is 31.2. The minimum Gasteiger partial charge on any atom is -0.481 e. The number of halogens is 1. The van der Waals surface area contributed by atoms with Gasteiger partial charge in [0.1, 0.15) is 5.15 Å². The van der Waals surface area contributed by atoms with E-state index in [0.29, 0.717) is 41.7 Å². The van der Waals surface area contributed by atoms with Gasteiger partial charge < -0.3 is 15.0 Å². The minimum absolute atomic E-state index is 0.0321. The number of nitrogens with zero attached hydrogens (tertiary/aromatic N) is 5. The number of hydrogen-bond acceptors (Lipinski definition) is 10. The molecule has 14 heteroatoms. The SMILES string of the molecule is COc1ccc(C2CCN(c3nc4c([C@@H](C)Nc5ccc(Cl)nc5C(=O)NS(C)(=O)=O)cc(C)cc4c(=O)n3C)CC2)cn1. The number of sulfonamides is 1. The van der Waals surface area contributed by atoms with Gasteiger partial charge in [0, 0.05) is 38.0 Å². The monoisotopic (exact) mass is 639 g/mol. The summed E-state index contributed by atoms with van der Waals surface area (Å²) in [6.07, 6.45) is 4.50. The van der Waals surface area contributed by atoms with Crippen LogP contribution >= 0.6 is 11.6 Å². The zero-order valence-electron chi connectivity index (χ0n) is 25.1. The van der Waals surface area contributed by atoms with Crippen LogP contribution in [0.3, 0.4) is 0 Å². The van der Waals surface area contributed by atoms with Gasteiger partial charge in [-0.2, -0.15) is 0 Å². The maximum Gasteiger partial charge on any atom is 0.285 e. The summed E-state index contributed by atoms with van der Waals surface area (Å²) < 4.78 is 32.1.